The Hall–Kier alpha value is -4.47. The third kappa shape index (κ3) is 16.3. The first-order valence-electron chi connectivity index (χ1n) is 18.8. The van der Waals surface area contributed by atoms with Crippen LogP contribution >= 0.6 is 0 Å². The van der Waals surface area contributed by atoms with Gasteiger partial charge >= 0.3 is 6.09 Å². The second kappa shape index (κ2) is 25.5. The van der Waals surface area contributed by atoms with Crippen LogP contribution in [0.25, 0.3) is 0 Å². The van der Waals surface area contributed by atoms with Gasteiger partial charge in [-0.15, -0.1) is 0 Å². The summed E-state index contributed by atoms with van der Waals surface area (Å²) >= 11 is 0. The highest BCUT2D eigenvalue weighted by Gasteiger charge is 2.38. The maximum Gasteiger partial charge on any atom is 0.408 e. The highest BCUT2D eigenvalue weighted by atomic mass is 19.3. The van der Waals surface area contributed by atoms with E-state index in [1.807, 2.05) is 13.8 Å². The first kappa shape index (κ1) is 47.6. The van der Waals surface area contributed by atoms with Gasteiger partial charge in [0.25, 0.3) is 5.91 Å². The van der Waals surface area contributed by atoms with E-state index in [0.717, 1.165) is 38.4 Å². The maximum atomic E-state index is 12.9. The number of amides is 5. The van der Waals surface area contributed by atoms with Gasteiger partial charge in [0.1, 0.15) is 18.4 Å². The van der Waals surface area contributed by atoms with Crippen molar-refractivity contribution < 1.29 is 47.1 Å². The van der Waals surface area contributed by atoms with Crippen molar-refractivity contribution in [3.8, 4) is 0 Å². The number of Topliss-reactive ketones (excluding diaryl/α,β-unsaturated/α-hetero) is 1. The van der Waals surface area contributed by atoms with Gasteiger partial charge in [-0.05, 0) is 64.5 Å². The summed E-state index contributed by atoms with van der Waals surface area (Å²) in [5.74, 6) is -3.05. The smallest absolute Gasteiger partial charge is 0.408 e. The van der Waals surface area contributed by atoms with Crippen molar-refractivity contribution in [2.24, 2.45) is 5.92 Å². The van der Waals surface area contributed by atoms with E-state index in [0.29, 0.717) is 18.5 Å². The summed E-state index contributed by atoms with van der Waals surface area (Å²) in [5, 5.41) is 9.96. The summed E-state index contributed by atoms with van der Waals surface area (Å²) in [7, 11) is 4.47. The number of carbonyl (C=O) groups is 7. The molecule has 5 amide bonds. The van der Waals surface area contributed by atoms with Crippen molar-refractivity contribution in [3.05, 3.63) is 35.9 Å². The zero-order chi connectivity index (χ0) is 40.8. The summed E-state index contributed by atoms with van der Waals surface area (Å²) in [4.78, 5) is 87.6. The Labute approximate surface area is 317 Å². The van der Waals surface area contributed by atoms with Crippen LogP contribution in [0.3, 0.4) is 0 Å². The van der Waals surface area contributed by atoms with Gasteiger partial charge in [-0.25, -0.2) is 13.6 Å². The fraction of sp³-hybridized carbons (Fsp3) is 0.658. The fourth-order valence-corrected chi connectivity index (χ4v) is 6.12. The van der Waals surface area contributed by atoms with E-state index in [1.54, 1.807) is 63.2 Å². The van der Waals surface area contributed by atoms with E-state index in [4.69, 9.17) is 4.74 Å². The number of ether oxygens (including phenoxy) is 1. The lowest BCUT2D eigenvalue weighted by atomic mass is 9.83. The number of likely N-dealkylation sites (tertiary alicyclic amines) is 1. The minimum absolute atomic E-state index is 0.129. The Kier molecular flexibility index (Phi) is 22.5. The van der Waals surface area contributed by atoms with Crippen molar-refractivity contribution in [3.63, 3.8) is 0 Å². The monoisotopic (exact) mass is 766 g/mol. The summed E-state index contributed by atoms with van der Waals surface area (Å²) in [6.07, 6.45) is 3.47. The maximum absolute atomic E-state index is 12.9. The zero-order valence-electron chi connectivity index (χ0n) is 32.7. The molecule has 4 atom stereocenters. The van der Waals surface area contributed by atoms with Crippen molar-refractivity contribution in [2.45, 2.75) is 122 Å². The topological polar surface area (TPSA) is 183 Å². The fourth-order valence-electron chi connectivity index (χ4n) is 6.12. The van der Waals surface area contributed by atoms with Crippen LogP contribution in [0.5, 0.6) is 0 Å². The summed E-state index contributed by atoms with van der Waals surface area (Å²) < 4.78 is 29.8. The quantitative estimate of drug-likeness (QED) is 0.145. The molecule has 4 unspecified atom stereocenters. The van der Waals surface area contributed by atoms with Crippen molar-refractivity contribution in [1.82, 2.24) is 31.1 Å². The summed E-state index contributed by atoms with van der Waals surface area (Å²) in [6.45, 7) is 7.60. The van der Waals surface area contributed by atoms with E-state index in [-0.39, 0.29) is 36.3 Å². The normalized spacial score (nSPS) is 17.0. The van der Waals surface area contributed by atoms with Crippen LogP contribution in [0.2, 0.25) is 0 Å². The number of likely N-dealkylation sites (N-methyl/N-ethyl adjacent to an activating group) is 2. The minimum atomic E-state index is -2.59. The second-order valence-corrected chi connectivity index (χ2v) is 13.4. The lowest BCUT2D eigenvalue weighted by molar-refractivity contribution is -0.140. The van der Waals surface area contributed by atoms with E-state index in [9.17, 15) is 42.3 Å². The van der Waals surface area contributed by atoms with Crippen LogP contribution in [0, 0.1) is 5.92 Å². The lowest BCUT2D eigenvalue weighted by Crippen LogP contribution is -2.54. The standard InChI is InChI=1S/C19H26F2N4O4.C17H28N2O4.C2H6/c1-22-13(9-10-14(20)21)17(27)18(28)23-11-15(26)24-16(19(29)25(2)3)12-7-5-4-6-8-12;1-12(2)23-17(22)18-15(13-7-4-3-5-8-13)16(21)19-10-6-9-14(19)11-20;1-2/h4-8,13-14,16,22H,9-11H2,1-3H3,(H,23,28)(H,24,26);11-15H,3-10H2,1-2H3,(H,18,22);1-2H3. The predicted molar refractivity (Wildman–Crippen MR) is 199 cm³/mol. The van der Waals surface area contributed by atoms with E-state index < -0.39 is 61.2 Å². The van der Waals surface area contributed by atoms with Gasteiger partial charge in [0, 0.05) is 27.1 Å². The SMILES string of the molecule is CC.CC(C)OC(=O)NC(C(=O)N1CCCC1C=O)C1CCCCC1.CNC(CCC(F)F)C(=O)C(=O)NCC(=O)NC(C(=O)N(C)C)c1ccccc1. The molecule has 4 N–H and O–H groups in total. The third-order valence-electron chi connectivity index (χ3n) is 8.84. The second-order valence-electron chi connectivity index (χ2n) is 13.4. The molecule has 1 saturated heterocycles. The average Bonchev–Trinajstić information content (AvgIpc) is 3.65. The molecular formula is C38H60F2N6O8. The molecular weight excluding hydrogens is 706 g/mol. The molecule has 304 valence electrons. The van der Waals surface area contributed by atoms with Crippen LogP contribution in [-0.4, -0.2) is 116 Å². The summed E-state index contributed by atoms with van der Waals surface area (Å²) in [6, 6.07) is 5.59. The zero-order valence-corrected chi connectivity index (χ0v) is 32.7. The molecule has 3 rings (SSSR count). The number of nitrogens with zero attached hydrogens (tertiary/aromatic N) is 2. The summed E-state index contributed by atoms with van der Waals surface area (Å²) in [5.41, 5.74) is 0.559. The highest BCUT2D eigenvalue weighted by molar-refractivity contribution is 6.38. The van der Waals surface area contributed by atoms with Gasteiger partial charge < -0.3 is 40.6 Å². The van der Waals surface area contributed by atoms with Crippen molar-refractivity contribution >= 4 is 41.8 Å². The van der Waals surface area contributed by atoms with Crippen LogP contribution in [-0.2, 0) is 33.5 Å². The number of alkyl carbamates (subject to hydrolysis) is 1. The van der Waals surface area contributed by atoms with Gasteiger partial charge in [-0.1, -0.05) is 63.4 Å². The molecule has 1 aromatic carbocycles. The molecule has 16 heteroatoms. The van der Waals surface area contributed by atoms with Gasteiger partial charge in [-0.3, -0.25) is 24.0 Å². The van der Waals surface area contributed by atoms with Crippen LogP contribution in [0.1, 0.15) is 97.1 Å². The first-order chi connectivity index (χ1) is 25.7. The largest absolute Gasteiger partial charge is 0.447 e. The molecule has 14 nitrogen and oxygen atoms in total. The molecule has 54 heavy (non-hydrogen) atoms. The average molecular weight is 767 g/mol. The number of benzene rings is 1. The number of nitrogens with one attached hydrogen (secondary N) is 4. The van der Waals surface area contributed by atoms with Crippen LogP contribution in [0.15, 0.2) is 30.3 Å². The lowest BCUT2D eigenvalue weighted by Gasteiger charge is -2.33. The van der Waals surface area contributed by atoms with Crippen molar-refractivity contribution in [1.29, 1.82) is 0 Å². The van der Waals surface area contributed by atoms with E-state index in [1.165, 1.54) is 18.4 Å². The molecule has 1 aliphatic carbocycles. The Bertz CT molecular complexity index is 1340. The number of hydrogen-bond acceptors (Lipinski definition) is 9. The molecule has 0 radical (unpaired) electrons. The van der Waals surface area contributed by atoms with Gasteiger partial charge in [0.2, 0.25) is 29.9 Å². The molecule has 1 aliphatic heterocycles. The highest BCUT2D eigenvalue weighted by Crippen LogP contribution is 2.29. The molecule has 2 aliphatic rings. The number of halogens is 2. The van der Waals surface area contributed by atoms with E-state index in [2.05, 4.69) is 21.3 Å². The molecule has 1 heterocycles. The number of ketones is 1. The number of rotatable bonds is 16. The Morgan fingerprint density at radius 1 is 0.926 bits per heavy atom. The Balaban J connectivity index is 0.000000527. The molecule has 1 aromatic rings. The van der Waals surface area contributed by atoms with Gasteiger partial charge in [0.15, 0.2) is 0 Å². The molecule has 0 aromatic heterocycles. The van der Waals surface area contributed by atoms with Crippen molar-refractivity contribution in [2.75, 3.05) is 34.2 Å². The Morgan fingerprint density at radius 2 is 1.56 bits per heavy atom. The molecule has 2 fully saturated rings. The van der Waals surface area contributed by atoms with Gasteiger partial charge in [0.05, 0.1) is 24.7 Å². The third-order valence-corrected chi connectivity index (χ3v) is 8.84. The van der Waals surface area contributed by atoms with Gasteiger partial charge in [-0.2, -0.15) is 0 Å². The van der Waals surface area contributed by atoms with E-state index >= 15 is 0 Å². The minimum Gasteiger partial charge on any atom is -0.447 e. The Morgan fingerprint density at radius 3 is 2.09 bits per heavy atom. The molecule has 0 spiro atoms. The number of hydrogen-bond donors (Lipinski definition) is 4. The predicted octanol–water partition coefficient (Wildman–Crippen LogP) is 3.54. The number of alkyl halides is 2. The molecule has 1 saturated carbocycles. The van der Waals surface area contributed by atoms with Crippen LogP contribution in [0.4, 0.5) is 13.6 Å². The van der Waals surface area contributed by atoms with Crippen LogP contribution < -0.4 is 21.3 Å². The number of carbonyl (C=O) groups excluding carboxylic acids is 7. The molecule has 0 bridgehead atoms. The first-order valence-corrected chi connectivity index (χ1v) is 18.8. The number of aldehydes is 1.